The van der Waals surface area contributed by atoms with E-state index in [4.69, 9.17) is 0 Å². The number of allylic oxidation sites excluding steroid dienone is 2. The maximum atomic E-state index is 3.52. The van der Waals surface area contributed by atoms with Gasteiger partial charge in [-0.2, -0.15) is 0 Å². The molecule has 0 aliphatic carbocycles. The fourth-order valence-electron chi connectivity index (χ4n) is 3.14. The van der Waals surface area contributed by atoms with Gasteiger partial charge in [0.25, 0.3) is 0 Å². The van der Waals surface area contributed by atoms with Crippen molar-refractivity contribution in [3.63, 3.8) is 0 Å². The van der Waals surface area contributed by atoms with E-state index >= 15 is 0 Å². The number of rotatable bonds is 15. The molecule has 0 unspecified atom stereocenters. The summed E-state index contributed by atoms with van der Waals surface area (Å²) in [5, 5.41) is 1.16. The Morgan fingerprint density at radius 3 is 1.67 bits per heavy atom. The summed E-state index contributed by atoms with van der Waals surface area (Å²) in [6.45, 7) is 7.10. The summed E-state index contributed by atoms with van der Waals surface area (Å²) in [5.74, 6) is 0. The first-order chi connectivity index (χ1) is 10.2. The van der Waals surface area contributed by atoms with Gasteiger partial charge in [0.2, 0.25) is 0 Å². The molecule has 0 bridgehead atoms. The summed E-state index contributed by atoms with van der Waals surface area (Å²) < 4.78 is 6.48. The molecule has 0 aliphatic heterocycles. The normalized spacial score (nSPS) is 12.4. The molecule has 0 aromatic rings. The van der Waals surface area contributed by atoms with Crippen molar-refractivity contribution < 1.29 is 0 Å². The van der Waals surface area contributed by atoms with Gasteiger partial charge >= 0.3 is 148 Å². The van der Waals surface area contributed by atoms with E-state index in [9.17, 15) is 0 Å². The van der Waals surface area contributed by atoms with Crippen molar-refractivity contribution in [2.45, 2.75) is 96.3 Å². The van der Waals surface area contributed by atoms with Crippen LogP contribution >= 0.6 is 15.9 Å². The number of alkyl halides is 1. The quantitative estimate of drug-likeness (QED) is 0.0995. The fourth-order valence-corrected chi connectivity index (χ4v) is 18.8. The van der Waals surface area contributed by atoms with E-state index in [2.05, 4.69) is 48.9 Å². The SMILES string of the molecule is CCC[CH2][Sn]([CH2]/C=C/CCCCBr)([CH2]CCC)[CH2]CCC. The van der Waals surface area contributed by atoms with Crippen LogP contribution in [0.5, 0.6) is 0 Å². The van der Waals surface area contributed by atoms with E-state index in [1.807, 2.05) is 0 Å². The van der Waals surface area contributed by atoms with E-state index in [1.165, 1.54) is 62.2 Å². The Bertz CT molecular complexity index is 216. The zero-order valence-electron chi connectivity index (χ0n) is 14.9. The molecule has 0 atom stereocenters. The zero-order valence-corrected chi connectivity index (χ0v) is 19.4. The fraction of sp³-hybridized carbons (Fsp3) is 0.895. The molecule has 0 spiro atoms. The summed E-state index contributed by atoms with van der Waals surface area (Å²) in [7, 11) is 0. The Hall–Kier alpha value is 1.02. The molecule has 0 radical (unpaired) electrons. The summed E-state index contributed by atoms with van der Waals surface area (Å²) >= 11 is 1.67. The van der Waals surface area contributed by atoms with Crippen LogP contribution in [-0.2, 0) is 0 Å². The van der Waals surface area contributed by atoms with Gasteiger partial charge in [-0.15, -0.1) is 0 Å². The summed E-state index contributed by atoms with van der Waals surface area (Å²) in [5.41, 5.74) is 0. The first-order valence-corrected chi connectivity index (χ1v) is 18.6. The monoisotopic (exact) mass is 466 g/mol. The first-order valence-electron chi connectivity index (χ1n) is 9.45. The van der Waals surface area contributed by atoms with Crippen LogP contribution in [0.25, 0.3) is 0 Å². The molecule has 0 saturated heterocycles. The number of unbranched alkanes of at least 4 members (excludes halogenated alkanes) is 5. The van der Waals surface area contributed by atoms with Crippen LogP contribution in [-0.4, -0.2) is 23.7 Å². The van der Waals surface area contributed by atoms with Crippen LogP contribution in [0.15, 0.2) is 12.2 Å². The van der Waals surface area contributed by atoms with Crippen molar-refractivity contribution in [1.82, 2.24) is 0 Å². The molecule has 0 aromatic carbocycles. The van der Waals surface area contributed by atoms with Crippen molar-refractivity contribution in [2.75, 3.05) is 5.33 Å². The van der Waals surface area contributed by atoms with Gasteiger partial charge < -0.3 is 0 Å². The number of halogens is 1. The Kier molecular flexibility index (Phi) is 16.7. The van der Waals surface area contributed by atoms with Crippen LogP contribution in [0.4, 0.5) is 0 Å². The van der Waals surface area contributed by atoms with Crippen LogP contribution in [0.2, 0.25) is 17.7 Å². The third-order valence-electron chi connectivity index (χ3n) is 4.65. The molecule has 0 rings (SSSR count). The van der Waals surface area contributed by atoms with Crippen molar-refractivity contribution in [2.24, 2.45) is 0 Å². The molecular weight excluding hydrogens is 427 g/mol. The first kappa shape index (κ1) is 22.0. The Morgan fingerprint density at radius 2 is 1.24 bits per heavy atom. The molecule has 2 heteroatoms. The Morgan fingerprint density at radius 1 is 0.714 bits per heavy atom. The van der Waals surface area contributed by atoms with Gasteiger partial charge in [-0.25, -0.2) is 0 Å². The van der Waals surface area contributed by atoms with Crippen molar-refractivity contribution >= 4 is 34.3 Å². The van der Waals surface area contributed by atoms with Gasteiger partial charge in [0.1, 0.15) is 0 Å². The van der Waals surface area contributed by atoms with E-state index < -0.39 is 18.4 Å². The van der Waals surface area contributed by atoms with Crippen molar-refractivity contribution in [1.29, 1.82) is 0 Å². The average Bonchev–Trinajstić information content (AvgIpc) is 2.51. The third-order valence-corrected chi connectivity index (χ3v) is 20.5. The van der Waals surface area contributed by atoms with Crippen LogP contribution in [0.3, 0.4) is 0 Å². The molecular formula is C19H39BrSn. The predicted molar refractivity (Wildman–Crippen MR) is 106 cm³/mol. The zero-order chi connectivity index (χ0) is 15.8. The molecule has 126 valence electrons. The van der Waals surface area contributed by atoms with Gasteiger partial charge in [-0.1, -0.05) is 0 Å². The second kappa shape index (κ2) is 15.9. The van der Waals surface area contributed by atoms with Crippen molar-refractivity contribution in [3.8, 4) is 0 Å². The molecule has 0 fully saturated rings. The Labute approximate surface area is 147 Å². The molecule has 0 N–H and O–H groups in total. The van der Waals surface area contributed by atoms with Crippen molar-refractivity contribution in [3.05, 3.63) is 12.2 Å². The Balaban J connectivity index is 4.47. The predicted octanol–water partition coefficient (Wildman–Crippen LogP) is 7.96. The standard InChI is InChI=1S/C7H12Br.3C4H9.Sn/c1-2-3-4-5-6-7-8;3*1-3-4-2;/h2-3H,1,4-7H2;3*1,3-4H2,2H3;/b3-2+;;;;. The molecule has 0 aliphatic rings. The van der Waals surface area contributed by atoms with Gasteiger partial charge in [0.05, 0.1) is 0 Å². The van der Waals surface area contributed by atoms with Gasteiger partial charge in [0, 0.05) is 0 Å². The molecule has 0 aromatic heterocycles. The molecule has 0 heterocycles. The maximum absolute atomic E-state index is 3.52. The molecule has 21 heavy (non-hydrogen) atoms. The van der Waals surface area contributed by atoms with Crippen LogP contribution < -0.4 is 0 Å². The van der Waals surface area contributed by atoms with E-state index in [0.29, 0.717) is 0 Å². The molecule has 0 nitrogen and oxygen atoms in total. The summed E-state index contributed by atoms with van der Waals surface area (Å²) in [6.07, 6.45) is 17.8. The topological polar surface area (TPSA) is 0 Å². The van der Waals surface area contributed by atoms with Gasteiger partial charge in [-0.3, -0.25) is 0 Å². The molecule has 0 saturated carbocycles. The van der Waals surface area contributed by atoms with Crippen LogP contribution in [0, 0.1) is 0 Å². The van der Waals surface area contributed by atoms with Crippen LogP contribution in [0.1, 0.15) is 78.6 Å². The van der Waals surface area contributed by atoms with Gasteiger partial charge in [-0.05, 0) is 0 Å². The summed E-state index contributed by atoms with van der Waals surface area (Å²) in [4.78, 5) is 0. The third kappa shape index (κ3) is 12.1. The second-order valence-corrected chi connectivity index (χ2v) is 21.5. The second-order valence-electron chi connectivity index (χ2n) is 6.67. The van der Waals surface area contributed by atoms with E-state index in [1.54, 1.807) is 13.3 Å². The summed E-state index contributed by atoms with van der Waals surface area (Å²) in [6, 6.07) is 0. The minimum atomic E-state index is -1.86. The number of hydrogen-bond donors (Lipinski definition) is 0. The van der Waals surface area contributed by atoms with Gasteiger partial charge in [0.15, 0.2) is 0 Å². The van der Waals surface area contributed by atoms with E-state index in [-0.39, 0.29) is 0 Å². The molecule has 0 amide bonds. The number of hydrogen-bond acceptors (Lipinski definition) is 0. The minimum absolute atomic E-state index is 1.16. The van der Waals surface area contributed by atoms with E-state index in [0.717, 1.165) is 5.33 Å². The average molecular weight is 466 g/mol.